The highest BCUT2D eigenvalue weighted by molar-refractivity contribution is 7.10. The van der Waals surface area contributed by atoms with Crippen molar-refractivity contribution in [3.63, 3.8) is 0 Å². The molecule has 0 radical (unpaired) electrons. The summed E-state index contributed by atoms with van der Waals surface area (Å²) in [5.74, 6) is 0. The van der Waals surface area contributed by atoms with Crippen molar-refractivity contribution in [2.24, 2.45) is 0 Å². The molecule has 0 aliphatic rings. The van der Waals surface area contributed by atoms with Crippen molar-refractivity contribution in [1.29, 1.82) is 0 Å². The Labute approximate surface area is 129 Å². The van der Waals surface area contributed by atoms with Crippen molar-refractivity contribution >= 4 is 17.0 Å². The predicted molar refractivity (Wildman–Crippen MR) is 86.9 cm³/mol. The van der Waals surface area contributed by atoms with E-state index in [9.17, 15) is 10.1 Å². The average Bonchev–Trinajstić information content (AvgIpc) is 2.95. The van der Waals surface area contributed by atoms with Crippen LogP contribution in [0.5, 0.6) is 0 Å². The van der Waals surface area contributed by atoms with Gasteiger partial charge in [-0.05, 0) is 23.9 Å². The first-order chi connectivity index (χ1) is 9.92. The highest BCUT2D eigenvalue weighted by atomic mass is 32.1. The lowest BCUT2D eigenvalue weighted by Crippen LogP contribution is -2.32. The van der Waals surface area contributed by atoms with Gasteiger partial charge in [-0.15, -0.1) is 11.3 Å². The van der Waals surface area contributed by atoms with Crippen LogP contribution in [0.4, 0.5) is 5.69 Å². The first-order valence-electron chi connectivity index (χ1n) is 6.89. The van der Waals surface area contributed by atoms with Crippen LogP contribution in [0.15, 0.2) is 35.7 Å². The molecule has 4 nitrogen and oxygen atoms in total. The molecule has 112 valence electrons. The molecule has 1 aromatic heterocycles. The lowest BCUT2D eigenvalue weighted by molar-refractivity contribution is -0.385. The number of nitrogens with one attached hydrogen (secondary N) is 1. The van der Waals surface area contributed by atoms with Gasteiger partial charge in [-0.3, -0.25) is 10.1 Å². The van der Waals surface area contributed by atoms with Crippen LogP contribution in [0.3, 0.4) is 0 Å². The van der Waals surface area contributed by atoms with Gasteiger partial charge in [0.2, 0.25) is 0 Å². The normalized spacial score (nSPS) is 11.6. The fourth-order valence-electron chi connectivity index (χ4n) is 2.32. The molecule has 0 spiro atoms. The second kappa shape index (κ2) is 6.37. The molecule has 2 rings (SSSR count). The van der Waals surface area contributed by atoms with E-state index in [1.54, 1.807) is 30.4 Å². The molecule has 21 heavy (non-hydrogen) atoms. The maximum Gasteiger partial charge on any atom is 0.272 e. The minimum absolute atomic E-state index is 0.0583. The number of benzene rings is 1. The van der Waals surface area contributed by atoms with Gasteiger partial charge >= 0.3 is 0 Å². The van der Waals surface area contributed by atoms with Gasteiger partial charge in [-0.25, -0.2) is 0 Å². The van der Waals surface area contributed by atoms with Gasteiger partial charge in [0, 0.05) is 35.0 Å². The van der Waals surface area contributed by atoms with Crippen LogP contribution in [0, 0.1) is 17.0 Å². The molecule has 0 amide bonds. The first-order valence-corrected chi connectivity index (χ1v) is 7.77. The zero-order valence-corrected chi connectivity index (χ0v) is 13.4. The van der Waals surface area contributed by atoms with Gasteiger partial charge in [0.25, 0.3) is 5.69 Å². The lowest BCUT2D eigenvalue weighted by Gasteiger charge is -2.24. The summed E-state index contributed by atoms with van der Waals surface area (Å²) in [5, 5.41) is 16.5. The predicted octanol–water partition coefficient (Wildman–Crippen LogP) is 4.03. The zero-order chi connectivity index (χ0) is 15.5. The number of hydrogen-bond donors (Lipinski definition) is 1. The Hall–Kier alpha value is -1.72. The zero-order valence-electron chi connectivity index (χ0n) is 12.6. The molecule has 0 fully saturated rings. The Balaban J connectivity index is 2.01. The van der Waals surface area contributed by atoms with Crippen LogP contribution in [0.2, 0.25) is 0 Å². The maximum absolute atomic E-state index is 10.9. The molecule has 1 heterocycles. The van der Waals surface area contributed by atoms with Gasteiger partial charge in [0.05, 0.1) is 4.92 Å². The summed E-state index contributed by atoms with van der Waals surface area (Å²) in [5.41, 5.74) is 1.96. The molecule has 0 unspecified atom stereocenters. The van der Waals surface area contributed by atoms with Crippen molar-refractivity contribution in [3.8, 4) is 0 Å². The average molecular weight is 304 g/mol. The van der Waals surface area contributed by atoms with Gasteiger partial charge in [-0.1, -0.05) is 32.0 Å². The summed E-state index contributed by atoms with van der Waals surface area (Å²) < 4.78 is 0. The number of nitro benzene ring substituents is 1. The van der Waals surface area contributed by atoms with E-state index >= 15 is 0 Å². The monoisotopic (exact) mass is 304 g/mol. The fourth-order valence-corrected chi connectivity index (χ4v) is 3.17. The SMILES string of the molecule is Cc1c(CNCC(C)(C)c2cccs2)cccc1[N+](=O)[O-]. The van der Waals surface area contributed by atoms with Crippen molar-refractivity contribution in [3.05, 3.63) is 61.8 Å². The molecule has 1 aromatic carbocycles. The molecule has 0 aliphatic heterocycles. The van der Waals surface area contributed by atoms with E-state index in [1.807, 2.05) is 6.07 Å². The summed E-state index contributed by atoms with van der Waals surface area (Å²) in [6, 6.07) is 9.44. The van der Waals surface area contributed by atoms with E-state index in [4.69, 9.17) is 0 Å². The molecule has 0 atom stereocenters. The minimum atomic E-state index is -0.325. The topological polar surface area (TPSA) is 55.2 Å². The summed E-state index contributed by atoms with van der Waals surface area (Å²) in [4.78, 5) is 12.0. The Morgan fingerprint density at radius 1 is 1.29 bits per heavy atom. The van der Waals surface area contributed by atoms with Gasteiger partial charge in [-0.2, -0.15) is 0 Å². The molecule has 0 bridgehead atoms. The Morgan fingerprint density at radius 3 is 2.67 bits per heavy atom. The second-order valence-corrected chi connectivity index (χ2v) is 6.73. The third-order valence-corrected chi connectivity index (χ3v) is 4.92. The smallest absolute Gasteiger partial charge is 0.272 e. The minimum Gasteiger partial charge on any atom is -0.312 e. The Morgan fingerprint density at radius 2 is 2.05 bits per heavy atom. The molecule has 5 heteroatoms. The lowest BCUT2D eigenvalue weighted by atomic mass is 9.91. The molecule has 1 N–H and O–H groups in total. The molecule has 0 saturated heterocycles. The van der Waals surface area contributed by atoms with Crippen molar-refractivity contribution < 1.29 is 4.92 Å². The largest absolute Gasteiger partial charge is 0.312 e. The van der Waals surface area contributed by atoms with Crippen LogP contribution < -0.4 is 5.32 Å². The quantitative estimate of drug-likeness (QED) is 0.647. The molecule has 0 aliphatic carbocycles. The van der Waals surface area contributed by atoms with Crippen molar-refractivity contribution in [2.75, 3.05) is 6.54 Å². The number of hydrogen-bond acceptors (Lipinski definition) is 4. The summed E-state index contributed by atoms with van der Waals surface area (Å²) in [7, 11) is 0. The molecule has 2 aromatic rings. The first kappa shape index (κ1) is 15.7. The number of thiophene rings is 1. The van der Waals surface area contributed by atoms with Crippen LogP contribution in [0.1, 0.15) is 29.9 Å². The van der Waals surface area contributed by atoms with Gasteiger partial charge in [0.15, 0.2) is 0 Å². The maximum atomic E-state index is 10.9. The Kier molecular flexibility index (Phi) is 4.75. The van der Waals surface area contributed by atoms with E-state index in [1.165, 1.54) is 4.88 Å². The van der Waals surface area contributed by atoms with E-state index in [0.29, 0.717) is 6.54 Å². The second-order valence-electron chi connectivity index (χ2n) is 5.78. The van der Waals surface area contributed by atoms with E-state index in [0.717, 1.165) is 17.7 Å². The summed E-state index contributed by atoms with van der Waals surface area (Å²) in [6.07, 6.45) is 0. The van der Waals surface area contributed by atoms with E-state index in [-0.39, 0.29) is 16.0 Å². The van der Waals surface area contributed by atoms with Crippen LogP contribution in [0.25, 0.3) is 0 Å². The summed E-state index contributed by atoms with van der Waals surface area (Å²) >= 11 is 1.76. The summed E-state index contributed by atoms with van der Waals surface area (Å²) in [6.45, 7) is 7.68. The van der Waals surface area contributed by atoms with Gasteiger partial charge in [0.1, 0.15) is 0 Å². The highest BCUT2D eigenvalue weighted by Crippen LogP contribution is 2.27. The van der Waals surface area contributed by atoms with Crippen molar-refractivity contribution in [1.82, 2.24) is 5.32 Å². The number of nitro groups is 1. The Bertz CT molecular complexity index is 621. The fraction of sp³-hybridized carbons (Fsp3) is 0.375. The third-order valence-electron chi connectivity index (χ3n) is 3.68. The molecular formula is C16H20N2O2S. The van der Waals surface area contributed by atoms with Crippen LogP contribution in [-0.2, 0) is 12.0 Å². The van der Waals surface area contributed by atoms with E-state index < -0.39 is 0 Å². The van der Waals surface area contributed by atoms with E-state index in [2.05, 4.69) is 36.7 Å². The standard InChI is InChI=1S/C16H20N2O2S/c1-12-13(6-4-7-14(12)18(19)20)10-17-11-16(2,3)15-8-5-9-21-15/h4-9,17H,10-11H2,1-3H3. The van der Waals surface area contributed by atoms with Crippen LogP contribution >= 0.6 is 11.3 Å². The molecule has 0 saturated carbocycles. The number of nitrogens with zero attached hydrogens (tertiary/aromatic N) is 1. The van der Waals surface area contributed by atoms with Crippen molar-refractivity contribution in [2.45, 2.75) is 32.7 Å². The third kappa shape index (κ3) is 3.68. The highest BCUT2D eigenvalue weighted by Gasteiger charge is 2.21. The number of rotatable bonds is 6. The van der Waals surface area contributed by atoms with Crippen LogP contribution in [-0.4, -0.2) is 11.5 Å². The van der Waals surface area contributed by atoms with Gasteiger partial charge < -0.3 is 5.32 Å². The molecular weight excluding hydrogens is 284 g/mol.